The number of carbonyl (C=O) groups is 1. The molecule has 4 rings (SSSR count). The summed E-state index contributed by atoms with van der Waals surface area (Å²) in [5, 5.41) is 6.30. The predicted molar refractivity (Wildman–Crippen MR) is 117 cm³/mol. The summed E-state index contributed by atoms with van der Waals surface area (Å²) in [6.07, 6.45) is 3.48. The number of benzene rings is 1. The molecule has 1 N–H and O–H groups in total. The molecule has 29 heavy (non-hydrogen) atoms. The van der Waals surface area contributed by atoms with Crippen LogP contribution in [0, 0.1) is 0 Å². The van der Waals surface area contributed by atoms with Gasteiger partial charge in [-0.15, -0.1) is 11.3 Å². The molecule has 1 aliphatic heterocycles. The van der Waals surface area contributed by atoms with Gasteiger partial charge >= 0.3 is 0 Å². The van der Waals surface area contributed by atoms with Crippen LogP contribution in [-0.4, -0.2) is 58.5 Å². The molecule has 0 radical (unpaired) electrons. The number of rotatable bonds is 5. The smallest absolute Gasteiger partial charge is 0.240 e. The highest BCUT2D eigenvalue weighted by Gasteiger charge is 2.21. The average molecular weight is 449 g/mol. The summed E-state index contributed by atoms with van der Waals surface area (Å²) < 4.78 is 0. The van der Waals surface area contributed by atoms with E-state index in [2.05, 4.69) is 30.1 Å². The molecule has 1 aliphatic rings. The van der Waals surface area contributed by atoms with E-state index in [1.165, 1.54) is 11.3 Å². The number of nitrogens with one attached hydrogen (secondary N) is 1. The number of hydrogen-bond donors (Lipinski definition) is 1. The van der Waals surface area contributed by atoms with Crippen molar-refractivity contribution in [2.24, 2.45) is 0 Å². The van der Waals surface area contributed by atoms with Crippen LogP contribution < -0.4 is 10.2 Å². The molecule has 0 spiro atoms. The summed E-state index contributed by atoms with van der Waals surface area (Å²) in [4.78, 5) is 29.7. The Morgan fingerprint density at radius 3 is 2.59 bits per heavy atom. The summed E-state index contributed by atoms with van der Waals surface area (Å²) in [7, 11) is 0. The van der Waals surface area contributed by atoms with E-state index in [-0.39, 0.29) is 5.91 Å². The molecule has 0 saturated carbocycles. The fourth-order valence-corrected chi connectivity index (χ4v) is 4.08. The van der Waals surface area contributed by atoms with Gasteiger partial charge in [0.25, 0.3) is 0 Å². The van der Waals surface area contributed by atoms with Gasteiger partial charge in [0.15, 0.2) is 5.13 Å². The van der Waals surface area contributed by atoms with Crippen molar-refractivity contribution in [2.45, 2.75) is 0 Å². The van der Waals surface area contributed by atoms with Crippen LogP contribution >= 0.6 is 34.5 Å². The van der Waals surface area contributed by atoms with Gasteiger partial charge in [-0.1, -0.05) is 29.3 Å². The second-order valence-electron chi connectivity index (χ2n) is 6.53. The molecule has 10 heteroatoms. The molecule has 3 aromatic rings. The Bertz CT molecular complexity index is 991. The van der Waals surface area contributed by atoms with Crippen LogP contribution in [0.15, 0.2) is 42.0 Å². The van der Waals surface area contributed by atoms with Crippen molar-refractivity contribution in [2.75, 3.05) is 42.9 Å². The van der Waals surface area contributed by atoms with Gasteiger partial charge in [0.05, 0.1) is 22.3 Å². The zero-order valence-electron chi connectivity index (χ0n) is 15.4. The molecular weight excluding hydrogens is 431 g/mol. The monoisotopic (exact) mass is 448 g/mol. The summed E-state index contributed by atoms with van der Waals surface area (Å²) >= 11 is 13.4. The third-order valence-corrected chi connectivity index (χ3v) is 6.04. The molecule has 2 aromatic heterocycles. The molecule has 3 heterocycles. The lowest BCUT2D eigenvalue weighted by atomic mass is 10.2. The van der Waals surface area contributed by atoms with E-state index in [9.17, 15) is 4.79 Å². The minimum absolute atomic E-state index is 0.0792. The number of thiazole rings is 1. The van der Waals surface area contributed by atoms with Crippen molar-refractivity contribution < 1.29 is 4.79 Å². The first-order valence-corrected chi connectivity index (χ1v) is 10.7. The van der Waals surface area contributed by atoms with Crippen LogP contribution in [0.3, 0.4) is 0 Å². The van der Waals surface area contributed by atoms with Crippen LogP contribution in [0.5, 0.6) is 0 Å². The molecule has 0 unspecified atom stereocenters. The molecule has 0 bridgehead atoms. The van der Waals surface area contributed by atoms with Crippen molar-refractivity contribution in [1.29, 1.82) is 0 Å². The topological polar surface area (TPSA) is 74.2 Å². The largest absolute Gasteiger partial charge is 0.338 e. The highest BCUT2D eigenvalue weighted by molar-refractivity contribution is 7.14. The number of anilines is 2. The van der Waals surface area contributed by atoms with E-state index in [1.807, 2.05) is 11.4 Å². The van der Waals surface area contributed by atoms with E-state index < -0.39 is 0 Å². The van der Waals surface area contributed by atoms with Crippen LogP contribution in [0.4, 0.5) is 11.1 Å². The molecule has 150 valence electrons. The summed E-state index contributed by atoms with van der Waals surface area (Å²) in [6, 6.07) is 7.15. The van der Waals surface area contributed by atoms with E-state index in [4.69, 9.17) is 23.2 Å². The molecular formula is C19H18Cl2N6OS. The van der Waals surface area contributed by atoms with Crippen LogP contribution in [0.1, 0.15) is 0 Å². The van der Waals surface area contributed by atoms with Gasteiger partial charge in [-0.25, -0.2) is 15.0 Å². The number of piperazine rings is 1. The Morgan fingerprint density at radius 2 is 1.86 bits per heavy atom. The number of carbonyl (C=O) groups excluding carboxylic acids is 1. The van der Waals surface area contributed by atoms with Crippen molar-refractivity contribution >= 4 is 51.5 Å². The number of halogens is 2. The van der Waals surface area contributed by atoms with Gasteiger partial charge < -0.3 is 10.2 Å². The fraction of sp³-hybridized carbons (Fsp3) is 0.263. The number of hydrogen-bond acceptors (Lipinski definition) is 7. The third kappa shape index (κ3) is 5.02. The van der Waals surface area contributed by atoms with Crippen LogP contribution in [0.2, 0.25) is 10.0 Å². The van der Waals surface area contributed by atoms with Crippen molar-refractivity contribution in [3.05, 3.63) is 52.1 Å². The maximum atomic E-state index is 12.4. The van der Waals surface area contributed by atoms with Gasteiger partial charge in [0.1, 0.15) is 0 Å². The van der Waals surface area contributed by atoms with Crippen LogP contribution in [-0.2, 0) is 4.79 Å². The second-order valence-corrected chi connectivity index (χ2v) is 8.20. The fourth-order valence-electron chi connectivity index (χ4n) is 3.04. The van der Waals surface area contributed by atoms with Gasteiger partial charge in [0.2, 0.25) is 11.9 Å². The Balaban J connectivity index is 1.29. The Hall–Kier alpha value is -2.26. The first kappa shape index (κ1) is 20.0. The second kappa shape index (κ2) is 9.04. The summed E-state index contributed by atoms with van der Waals surface area (Å²) in [6.45, 7) is 3.45. The molecule has 1 fully saturated rings. The lowest BCUT2D eigenvalue weighted by Gasteiger charge is -2.34. The van der Waals surface area contributed by atoms with E-state index >= 15 is 0 Å². The van der Waals surface area contributed by atoms with E-state index in [0.717, 1.165) is 43.4 Å². The molecule has 1 amide bonds. The standard InChI is InChI=1S/C19H18Cl2N6OS/c20-14-3-2-13(10-15(14)21)16-12-29-19(24-16)25-17(28)11-26-6-8-27(9-7-26)18-22-4-1-5-23-18/h1-5,10,12H,6-9,11H2,(H,24,25,28). The summed E-state index contributed by atoms with van der Waals surface area (Å²) in [5.74, 6) is 0.652. The molecule has 0 aliphatic carbocycles. The molecule has 1 saturated heterocycles. The first-order valence-electron chi connectivity index (χ1n) is 9.03. The minimum atomic E-state index is -0.0792. The Labute approximate surface area is 182 Å². The number of amides is 1. The maximum Gasteiger partial charge on any atom is 0.240 e. The minimum Gasteiger partial charge on any atom is -0.338 e. The zero-order chi connectivity index (χ0) is 20.2. The highest BCUT2D eigenvalue weighted by atomic mass is 35.5. The number of aromatic nitrogens is 3. The predicted octanol–water partition coefficient (Wildman–Crippen LogP) is 3.67. The zero-order valence-corrected chi connectivity index (χ0v) is 17.7. The van der Waals surface area contributed by atoms with Crippen molar-refractivity contribution in [1.82, 2.24) is 19.9 Å². The summed E-state index contributed by atoms with van der Waals surface area (Å²) in [5.41, 5.74) is 1.61. The van der Waals surface area contributed by atoms with Crippen molar-refractivity contribution in [3.8, 4) is 11.3 Å². The maximum absolute atomic E-state index is 12.4. The quantitative estimate of drug-likeness (QED) is 0.641. The highest BCUT2D eigenvalue weighted by Crippen LogP contribution is 2.30. The van der Waals surface area contributed by atoms with Gasteiger partial charge in [-0.3, -0.25) is 9.69 Å². The number of nitrogens with zero attached hydrogens (tertiary/aromatic N) is 5. The normalized spacial score (nSPS) is 14.8. The first-order chi connectivity index (χ1) is 14.1. The van der Waals surface area contributed by atoms with Gasteiger partial charge in [-0.05, 0) is 18.2 Å². The SMILES string of the molecule is O=C(CN1CCN(c2ncccn2)CC1)Nc1nc(-c2ccc(Cl)c(Cl)c2)cs1. The van der Waals surface area contributed by atoms with E-state index in [1.54, 1.807) is 30.6 Å². The molecule has 7 nitrogen and oxygen atoms in total. The lowest BCUT2D eigenvalue weighted by Crippen LogP contribution is -2.49. The van der Waals surface area contributed by atoms with E-state index in [0.29, 0.717) is 21.7 Å². The molecule has 1 aromatic carbocycles. The van der Waals surface area contributed by atoms with Gasteiger partial charge in [0, 0.05) is 49.5 Å². The Kier molecular flexibility index (Phi) is 6.25. The Morgan fingerprint density at radius 1 is 1.10 bits per heavy atom. The average Bonchev–Trinajstić information content (AvgIpc) is 3.19. The van der Waals surface area contributed by atoms with Crippen LogP contribution in [0.25, 0.3) is 11.3 Å². The molecule has 0 atom stereocenters. The third-order valence-electron chi connectivity index (χ3n) is 4.54. The van der Waals surface area contributed by atoms with Gasteiger partial charge in [-0.2, -0.15) is 0 Å². The van der Waals surface area contributed by atoms with Crippen molar-refractivity contribution in [3.63, 3.8) is 0 Å². The lowest BCUT2D eigenvalue weighted by molar-refractivity contribution is -0.117.